The average Bonchev–Trinajstić information content (AvgIpc) is 3.10. The summed E-state index contributed by atoms with van der Waals surface area (Å²) in [5.74, 6) is 0. The van der Waals surface area contributed by atoms with Crippen LogP contribution in [0.1, 0.15) is 59.9 Å². The zero-order valence-electron chi connectivity index (χ0n) is 21.1. The molecule has 0 aliphatic heterocycles. The third-order valence-corrected chi connectivity index (χ3v) is 6.96. The van der Waals surface area contributed by atoms with Gasteiger partial charge < -0.3 is 0 Å². The first kappa shape index (κ1) is 11.3. The van der Waals surface area contributed by atoms with Crippen LogP contribution in [0, 0.1) is 0 Å². The number of rotatable bonds is 0. The molecule has 0 unspecified atom stereocenters. The highest BCUT2D eigenvalue weighted by molar-refractivity contribution is 7.26. The number of benzene rings is 2. The topological polar surface area (TPSA) is 12.9 Å². The van der Waals surface area contributed by atoms with E-state index < -0.39 is 0 Å². The van der Waals surface area contributed by atoms with Gasteiger partial charge in [0.25, 0.3) is 0 Å². The number of halogens is 1. The summed E-state index contributed by atoms with van der Waals surface area (Å²) >= 11 is 7.39. The van der Waals surface area contributed by atoms with Gasteiger partial charge in [-0.2, -0.15) is 0 Å². The Morgan fingerprint density at radius 2 is 1.65 bits per heavy atom. The Balaban J connectivity index is 2.13. The normalized spacial score (nSPS) is 21.7. The van der Waals surface area contributed by atoms with Crippen molar-refractivity contribution in [1.82, 2.24) is 4.98 Å². The van der Waals surface area contributed by atoms with Gasteiger partial charge >= 0.3 is 0 Å². The average molecular weight is 386 g/mol. The predicted octanol–water partition coefficient (Wildman–Crippen LogP) is 7.61. The Labute approximate surface area is 171 Å². The highest BCUT2D eigenvalue weighted by Crippen LogP contribution is 2.49. The lowest BCUT2D eigenvalue weighted by Gasteiger charge is -2.41. The lowest BCUT2D eigenvalue weighted by Crippen LogP contribution is -2.33. The van der Waals surface area contributed by atoms with Gasteiger partial charge in [0.05, 0.1) is 8.22 Å². The van der Waals surface area contributed by atoms with Crippen LogP contribution in [0.15, 0.2) is 36.4 Å². The first-order valence-electron chi connectivity index (χ1n) is 11.8. The van der Waals surface area contributed by atoms with Gasteiger partial charge in [-0.1, -0.05) is 51.4 Å². The molecule has 0 N–H and O–H groups in total. The van der Waals surface area contributed by atoms with Crippen molar-refractivity contribution >= 4 is 53.9 Å². The number of thiophene rings is 1. The van der Waals surface area contributed by atoms with E-state index >= 15 is 0 Å². The lowest BCUT2D eigenvalue weighted by atomic mass is 9.63. The number of nitrogens with zero attached hydrogens (tertiary/aromatic N) is 1. The van der Waals surface area contributed by atoms with Crippen molar-refractivity contribution < 1.29 is 8.22 Å². The van der Waals surface area contributed by atoms with E-state index in [9.17, 15) is 1.37 Å². The van der Waals surface area contributed by atoms with Crippen molar-refractivity contribution in [3.8, 4) is 0 Å². The quantitative estimate of drug-likeness (QED) is 0.284. The van der Waals surface area contributed by atoms with Crippen LogP contribution in [-0.4, -0.2) is 4.98 Å². The van der Waals surface area contributed by atoms with Crippen LogP contribution < -0.4 is 0 Å². The Hall–Kier alpha value is -1.64. The molecule has 4 aromatic rings. The summed E-state index contributed by atoms with van der Waals surface area (Å²) in [6, 6.07) is 0.280. The molecule has 5 rings (SSSR count). The van der Waals surface area contributed by atoms with E-state index in [1.165, 1.54) is 11.3 Å². The molecule has 0 atom stereocenters. The van der Waals surface area contributed by atoms with Crippen LogP contribution in [0.2, 0.25) is 5.15 Å². The maximum absolute atomic E-state index is 9.22. The first-order chi connectivity index (χ1) is 14.8. The molecule has 2 aromatic heterocycles. The molecule has 0 fully saturated rings. The maximum Gasteiger partial charge on any atom is 0.129 e. The smallest absolute Gasteiger partial charge is 0.129 e. The van der Waals surface area contributed by atoms with E-state index in [0.29, 0.717) is 37.6 Å². The highest BCUT2D eigenvalue weighted by Gasteiger charge is 2.37. The highest BCUT2D eigenvalue weighted by atomic mass is 35.5. The predicted molar refractivity (Wildman–Crippen MR) is 115 cm³/mol. The summed E-state index contributed by atoms with van der Waals surface area (Å²) < 4.78 is 53.5. The van der Waals surface area contributed by atoms with Crippen LogP contribution >= 0.6 is 22.9 Å². The molecule has 0 saturated heterocycles. The van der Waals surface area contributed by atoms with Crippen LogP contribution in [0.4, 0.5) is 0 Å². The fourth-order valence-electron chi connectivity index (χ4n) is 3.93. The molecular formula is C23H22ClNS. The fraction of sp³-hybridized carbons (Fsp3) is 0.348. The number of fused-ring (bicyclic) bond motifs is 6. The van der Waals surface area contributed by atoms with Crippen LogP contribution in [0.3, 0.4) is 0 Å². The molecule has 0 amide bonds. The third-order valence-electron chi connectivity index (χ3n) is 5.66. The third kappa shape index (κ3) is 2.25. The molecule has 2 heterocycles. The van der Waals surface area contributed by atoms with Crippen molar-refractivity contribution in [1.29, 1.82) is 0 Å². The molecule has 0 bridgehead atoms. The monoisotopic (exact) mass is 385 g/mol. The molecule has 3 heteroatoms. The van der Waals surface area contributed by atoms with Crippen molar-refractivity contribution in [2.24, 2.45) is 0 Å². The van der Waals surface area contributed by atoms with Gasteiger partial charge in [0.2, 0.25) is 0 Å². The maximum atomic E-state index is 9.22. The second-order valence-electron chi connectivity index (χ2n) is 8.42. The van der Waals surface area contributed by atoms with Crippen molar-refractivity contribution in [3.05, 3.63) is 52.7 Å². The van der Waals surface area contributed by atoms with Crippen molar-refractivity contribution in [2.45, 2.75) is 51.4 Å². The van der Waals surface area contributed by atoms with E-state index in [0.717, 1.165) is 24.0 Å². The van der Waals surface area contributed by atoms with E-state index in [4.69, 9.17) is 18.5 Å². The minimum absolute atomic E-state index is 0.0915. The van der Waals surface area contributed by atoms with E-state index in [2.05, 4.69) is 32.7 Å². The van der Waals surface area contributed by atoms with Crippen LogP contribution in [0.5, 0.6) is 0 Å². The van der Waals surface area contributed by atoms with Gasteiger partial charge in [-0.25, -0.2) is 4.98 Å². The molecule has 1 aliphatic carbocycles. The molecule has 1 aliphatic rings. The summed E-state index contributed by atoms with van der Waals surface area (Å²) in [5.41, 5.74) is 1.19. The summed E-state index contributed by atoms with van der Waals surface area (Å²) in [4.78, 5) is 3.87. The van der Waals surface area contributed by atoms with E-state index in [1.807, 2.05) is 0 Å². The van der Waals surface area contributed by atoms with Crippen molar-refractivity contribution in [2.75, 3.05) is 0 Å². The summed E-state index contributed by atoms with van der Waals surface area (Å²) in [6.07, 6.45) is 1.57. The molecule has 2 aromatic carbocycles. The minimum Gasteiger partial charge on any atom is -0.244 e. The van der Waals surface area contributed by atoms with Crippen molar-refractivity contribution in [3.63, 3.8) is 0 Å². The number of hydrogen-bond donors (Lipinski definition) is 0. The molecule has 26 heavy (non-hydrogen) atoms. The Bertz CT molecular complexity index is 1500. The molecule has 132 valence electrons. The molecule has 0 spiro atoms. The molecule has 0 saturated carbocycles. The van der Waals surface area contributed by atoms with Gasteiger partial charge in [0.1, 0.15) is 5.15 Å². The number of hydrogen-bond acceptors (Lipinski definition) is 2. The fourth-order valence-corrected chi connectivity index (χ4v) is 5.19. The van der Waals surface area contributed by atoms with Gasteiger partial charge in [-0.05, 0) is 52.9 Å². The molecule has 1 nitrogen and oxygen atoms in total. The van der Waals surface area contributed by atoms with Crippen LogP contribution in [0.25, 0.3) is 30.9 Å². The Morgan fingerprint density at radius 3 is 2.38 bits per heavy atom. The van der Waals surface area contributed by atoms with Gasteiger partial charge in [0.15, 0.2) is 0 Å². The standard InChI is InChI=1S/C23H22ClNS/c1-22(2)7-8-23(3,4)18-11-19-16(9-17(18)22)14-6-5-13-12-25-20(24)10-15(13)21(14)26-19/h5-6,9-12H,7-8H2,1-4H3/i5D,6D,9D,10D,11D,12D. The second kappa shape index (κ2) is 5.21. The zero-order valence-corrected chi connectivity index (χ0v) is 16.7. The largest absolute Gasteiger partial charge is 0.244 e. The minimum atomic E-state index is -0.287. The van der Waals surface area contributed by atoms with E-state index in [-0.39, 0.29) is 45.7 Å². The lowest BCUT2D eigenvalue weighted by molar-refractivity contribution is 0.332. The summed E-state index contributed by atoms with van der Waals surface area (Å²) in [6.45, 7) is 8.44. The summed E-state index contributed by atoms with van der Waals surface area (Å²) in [7, 11) is 0. The van der Waals surface area contributed by atoms with E-state index in [1.54, 1.807) is 0 Å². The first-order valence-corrected chi connectivity index (χ1v) is 9.95. The number of pyridine rings is 1. The van der Waals surface area contributed by atoms with Gasteiger partial charge in [-0.3, -0.25) is 0 Å². The second-order valence-corrected chi connectivity index (χ2v) is 9.80. The van der Waals surface area contributed by atoms with Gasteiger partial charge in [-0.15, -0.1) is 11.3 Å². The van der Waals surface area contributed by atoms with Crippen LogP contribution in [-0.2, 0) is 10.8 Å². The molecule has 0 radical (unpaired) electrons. The molecular weight excluding hydrogens is 358 g/mol. The zero-order chi connectivity index (χ0) is 23.5. The SMILES string of the molecule is [2H]c1c2c(c([2H])c3c1sc1c4c([2H])c(Cl)nc([2H])c4c([2H])c([2H])c13)C(C)(C)CCC2(C)C. The Kier molecular flexibility index (Phi) is 2.25. The number of aromatic nitrogens is 1. The Morgan fingerprint density at radius 1 is 0.962 bits per heavy atom. The summed E-state index contributed by atoms with van der Waals surface area (Å²) in [5, 5.41) is 1.20. The van der Waals surface area contributed by atoms with Gasteiger partial charge in [0, 0.05) is 37.1 Å².